The number of carbonyl (C=O) groups is 1. The Morgan fingerprint density at radius 3 is 2.83 bits per heavy atom. The van der Waals surface area contributed by atoms with E-state index in [0.717, 1.165) is 12.3 Å². The van der Waals surface area contributed by atoms with Crippen molar-refractivity contribution < 1.29 is 22.7 Å². The molecule has 2 rings (SSSR count). The first-order valence-corrected chi connectivity index (χ1v) is 5.15. The lowest BCUT2D eigenvalue weighted by molar-refractivity contribution is -0.139. The van der Waals surface area contributed by atoms with E-state index in [-0.39, 0.29) is 23.2 Å². The monoisotopic (exact) mass is 258 g/mol. The summed E-state index contributed by atoms with van der Waals surface area (Å²) in [5.41, 5.74) is -0.850. The van der Waals surface area contributed by atoms with Crippen LogP contribution >= 0.6 is 0 Å². The van der Waals surface area contributed by atoms with Gasteiger partial charge in [0, 0.05) is 17.1 Å². The summed E-state index contributed by atoms with van der Waals surface area (Å²) in [6.45, 7) is 1.77. The first-order valence-electron chi connectivity index (χ1n) is 5.15. The van der Waals surface area contributed by atoms with Crippen LogP contribution in [0, 0.1) is 0 Å². The molecule has 2 aromatic heterocycles. The molecular formula is C11H9F3N2O2. The number of nitrogens with one attached hydrogen (secondary N) is 1. The molecule has 4 nitrogen and oxygen atoms in total. The first-order chi connectivity index (χ1) is 8.43. The first kappa shape index (κ1) is 12.4. The minimum Gasteiger partial charge on any atom is -0.461 e. The highest BCUT2D eigenvalue weighted by Gasteiger charge is 2.35. The molecule has 0 atom stereocenters. The largest absolute Gasteiger partial charge is 0.461 e. The summed E-state index contributed by atoms with van der Waals surface area (Å²) in [6, 6.07) is 2.47. The van der Waals surface area contributed by atoms with Crippen molar-refractivity contribution in [1.29, 1.82) is 0 Å². The van der Waals surface area contributed by atoms with Crippen LogP contribution in [0.5, 0.6) is 0 Å². The highest BCUT2D eigenvalue weighted by atomic mass is 19.4. The van der Waals surface area contributed by atoms with Crippen LogP contribution in [-0.4, -0.2) is 22.5 Å². The Morgan fingerprint density at radius 1 is 1.50 bits per heavy atom. The van der Waals surface area contributed by atoms with E-state index in [4.69, 9.17) is 4.74 Å². The number of carbonyl (C=O) groups excluding carboxylic acids is 1. The van der Waals surface area contributed by atoms with Crippen LogP contribution in [0.15, 0.2) is 18.3 Å². The fourth-order valence-electron chi connectivity index (χ4n) is 1.60. The molecule has 0 aliphatic carbocycles. The van der Waals surface area contributed by atoms with Crippen LogP contribution in [0.2, 0.25) is 0 Å². The van der Waals surface area contributed by atoms with Crippen LogP contribution in [-0.2, 0) is 10.9 Å². The Labute approximate surface area is 99.8 Å². The van der Waals surface area contributed by atoms with Gasteiger partial charge in [0.25, 0.3) is 0 Å². The van der Waals surface area contributed by atoms with Crippen molar-refractivity contribution in [1.82, 2.24) is 9.97 Å². The van der Waals surface area contributed by atoms with Crippen LogP contribution in [0.3, 0.4) is 0 Å². The molecule has 96 valence electrons. The molecule has 0 saturated heterocycles. The van der Waals surface area contributed by atoms with E-state index in [9.17, 15) is 18.0 Å². The molecule has 0 unspecified atom stereocenters. The van der Waals surface area contributed by atoms with Gasteiger partial charge >= 0.3 is 12.1 Å². The predicted molar refractivity (Wildman–Crippen MR) is 57.1 cm³/mol. The summed E-state index contributed by atoms with van der Waals surface area (Å²) >= 11 is 0. The second kappa shape index (κ2) is 4.32. The molecule has 18 heavy (non-hydrogen) atoms. The van der Waals surface area contributed by atoms with E-state index in [1.807, 2.05) is 0 Å². The van der Waals surface area contributed by atoms with Gasteiger partial charge in [0.1, 0.15) is 5.69 Å². The number of fused-ring (bicyclic) bond motifs is 1. The third kappa shape index (κ3) is 2.15. The minimum atomic E-state index is -4.56. The van der Waals surface area contributed by atoms with Crippen molar-refractivity contribution in [3.8, 4) is 0 Å². The van der Waals surface area contributed by atoms with Crippen molar-refractivity contribution in [2.45, 2.75) is 13.1 Å². The number of hydrogen-bond acceptors (Lipinski definition) is 3. The van der Waals surface area contributed by atoms with Gasteiger partial charge in [-0.3, -0.25) is 4.98 Å². The topological polar surface area (TPSA) is 55.0 Å². The van der Waals surface area contributed by atoms with Gasteiger partial charge in [-0.05, 0) is 19.1 Å². The number of rotatable bonds is 2. The zero-order chi connectivity index (χ0) is 13.3. The summed E-state index contributed by atoms with van der Waals surface area (Å²) in [6.07, 6.45) is -3.52. The smallest absolute Gasteiger partial charge is 0.434 e. The lowest BCUT2D eigenvalue weighted by Gasteiger charge is -2.05. The highest BCUT2D eigenvalue weighted by Crippen LogP contribution is 2.33. The second-order valence-corrected chi connectivity index (χ2v) is 3.52. The molecule has 0 radical (unpaired) electrons. The Hall–Kier alpha value is -2.05. The third-order valence-corrected chi connectivity index (χ3v) is 2.31. The second-order valence-electron chi connectivity index (χ2n) is 3.52. The number of pyridine rings is 1. The van der Waals surface area contributed by atoms with Crippen molar-refractivity contribution in [3.05, 3.63) is 29.7 Å². The average molecular weight is 258 g/mol. The Kier molecular flexibility index (Phi) is 2.98. The molecule has 0 bridgehead atoms. The van der Waals surface area contributed by atoms with Gasteiger partial charge < -0.3 is 9.72 Å². The van der Waals surface area contributed by atoms with Gasteiger partial charge in [-0.2, -0.15) is 13.2 Å². The number of aromatic amines is 1. The molecule has 7 heteroatoms. The molecule has 0 spiro atoms. The van der Waals surface area contributed by atoms with Crippen molar-refractivity contribution >= 4 is 16.9 Å². The van der Waals surface area contributed by atoms with Gasteiger partial charge in [-0.25, -0.2) is 4.79 Å². The van der Waals surface area contributed by atoms with Gasteiger partial charge in [0.15, 0.2) is 5.69 Å². The molecule has 0 aliphatic heterocycles. The van der Waals surface area contributed by atoms with Crippen molar-refractivity contribution in [2.75, 3.05) is 6.61 Å². The minimum absolute atomic E-state index is 0.0228. The molecule has 0 aromatic carbocycles. The standard InChI is InChI=1S/C11H9F3N2O2/c1-2-18-10(17)8-5-6-7(16-8)3-4-15-9(6)11(12,13)14/h3-5,16H,2H2,1H3. The van der Waals surface area contributed by atoms with Gasteiger partial charge in [-0.15, -0.1) is 0 Å². The summed E-state index contributed by atoms with van der Waals surface area (Å²) < 4.78 is 42.8. The average Bonchev–Trinajstić information content (AvgIpc) is 2.71. The number of ether oxygens (including phenoxy) is 1. The molecule has 0 aliphatic rings. The van der Waals surface area contributed by atoms with Gasteiger partial charge in [-0.1, -0.05) is 0 Å². The maximum atomic E-state index is 12.7. The Bertz CT molecular complexity index is 589. The number of H-pyrrole nitrogens is 1. The Morgan fingerprint density at radius 2 is 2.22 bits per heavy atom. The number of nitrogens with zero attached hydrogens (tertiary/aromatic N) is 1. The predicted octanol–water partition coefficient (Wildman–Crippen LogP) is 2.76. The van der Waals surface area contributed by atoms with Gasteiger partial charge in [0.2, 0.25) is 0 Å². The van der Waals surface area contributed by atoms with E-state index in [1.54, 1.807) is 6.92 Å². The number of aromatic nitrogens is 2. The van der Waals surface area contributed by atoms with Crippen LogP contribution in [0.4, 0.5) is 13.2 Å². The number of halogens is 3. The Balaban J connectivity index is 2.55. The van der Waals surface area contributed by atoms with Crippen molar-refractivity contribution in [3.63, 3.8) is 0 Å². The molecule has 2 aromatic rings. The summed E-state index contributed by atoms with van der Waals surface area (Å²) in [5, 5.41) is -0.145. The summed E-state index contributed by atoms with van der Waals surface area (Å²) in [7, 11) is 0. The highest BCUT2D eigenvalue weighted by molar-refractivity contribution is 5.95. The molecular weight excluding hydrogens is 249 g/mol. The number of hydrogen-bond donors (Lipinski definition) is 1. The maximum absolute atomic E-state index is 12.7. The van der Waals surface area contributed by atoms with Crippen molar-refractivity contribution in [2.24, 2.45) is 0 Å². The lowest BCUT2D eigenvalue weighted by atomic mass is 10.2. The van der Waals surface area contributed by atoms with Gasteiger partial charge in [0.05, 0.1) is 6.61 Å². The van der Waals surface area contributed by atoms with E-state index in [1.165, 1.54) is 6.07 Å². The van der Waals surface area contributed by atoms with Crippen LogP contribution in [0.25, 0.3) is 10.9 Å². The zero-order valence-electron chi connectivity index (χ0n) is 9.34. The van der Waals surface area contributed by atoms with E-state index >= 15 is 0 Å². The van der Waals surface area contributed by atoms with E-state index < -0.39 is 17.8 Å². The zero-order valence-corrected chi connectivity index (χ0v) is 9.34. The lowest BCUT2D eigenvalue weighted by Crippen LogP contribution is -2.07. The maximum Gasteiger partial charge on any atom is 0.434 e. The molecule has 0 fully saturated rings. The van der Waals surface area contributed by atoms with Crippen LogP contribution in [0.1, 0.15) is 23.1 Å². The normalized spacial score (nSPS) is 11.8. The van der Waals surface area contributed by atoms with E-state index in [0.29, 0.717) is 0 Å². The van der Waals surface area contributed by atoms with E-state index in [2.05, 4.69) is 9.97 Å². The number of alkyl halides is 3. The molecule has 0 amide bonds. The quantitative estimate of drug-likeness (QED) is 0.842. The molecule has 1 N–H and O–H groups in total. The fraction of sp³-hybridized carbons (Fsp3) is 0.273. The number of esters is 1. The molecule has 0 saturated carbocycles. The molecule has 2 heterocycles. The fourth-order valence-corrected chi connectivity index (χ4v) is 1.60. The van der Waals surface area contributed by atoms with Crippen LogP contribution < -0.4 is 0 Å². The third-order valence-electron chi connectivity index (χ3n) is 2.31. The summed E-state index contributed by atoms with van der Waals surface area (Å²) in [5.74, 6) is -0.693. The summed E-state index contributed by atoms with van der Waals surface area (Å²) in [4.78, 5) is 17.3. The SMILES string of the molecule is CCOC(=O)c1cc2c(C(F)(F)F)nccc2[nH]1.